The van der Waals surface area contributed by atoms with E-state index in [1.807, 2.05) is 12.1 Å². The minimum Gasteiger partial charge on any atom is -0.493 e. The number of rotatable bonds is 8. The van der Waals surface area contributed by atoms with Crippen LogP contribution >= 0.6 is 0 Å². The molecule has 2 heterocycles. The Balaban J connectivity index is 1.41. The Morgan fingerprint density at radius 3 is 2.20 bits per heavy atom. The topological polar surface area (TPSA) is 107 Å². The first kappa shape index (κ1) is 24.2. The molecule has 2 aromatic rings. The lowest BCUT2D eigenvalue weighted by Crippen LogP contribution is -2.41. The van der Waals surface area contributed by atoms with E-state index in [1.54, 1.807) is 37.3 Å². The van der Waals surface area contributed by atoms with Gasteiger partial charge in [-0.15, -0.1) is 0 Å². The van der Waals surface area contributed by atoms with Crippen molar-refractivity contribution in [2.24, 2.45) is 0 Å². The largest absolute Gasteiger partial charge is 0.493 e. The fourth-order valence-corrected chi connectivity index (χ4v) is 4.43. The molecular weight excluding hydrogens is 454 g/mol. The number of methoxy groups -OCH3 is 4. The molecule has 2 aliphatic rings. The van der Waals surface area contributed by atoms with E-state index in [0.717, 1.165) is 16.0 Å². The summed E-state index contributed by atoms with van der Waals surface area (Å²) in [5.74, 6) is 1.68. The molecule has 0 saturated carbocycles. The number of hydrogen-bond donors (Lipinski definition) is 1. The second kappa shape index (κ2) is 10.1. The molecule has 0 spiro atoms. The molecule has 1 unspecified atom stereocenters. The van der Waals surface area contributed by atoms with Gasteiger partial charge in [-0.2, -0.15) is 0 Å². The van der Waals surface area contributed by atoms with Gasteiger partial charge in [-0.05, 0) is 47.4 Å². The van der Waals surface area contributed by atoms with Gasteiger partial charge in [0.2, 0.25) is 5.91 Å². The molecule has 1 saturated heterocycles. The fraction of sp³-hybridized carbons (Fsp3) is 0.400. The molecule has 0 bridgehead atoms. The van der Waals surface area contributed by atoms with E-state index in [2.05, 4.69) is 5.32 Å². The highest BCUT2D eigenvalue weighted by atomic mass is 16.5. The third-order valence-corrected chi connectivity index (χ3v) is 6.35. The highest BCUT2D eigenvalue weighted by molar-refractivity contribution is 6.05. The van der Waals surface area contributed by atoms with Crippen molar-refractivity contribution >= 4 is 17.8 Å². The van der Waals surface area contributed by atoms with Crippen LogP contribution in [-0.2, 0) is 29.1 Å². The molecule has 10 heteroatoms. The first-order chi connectivity index (χ1) is 16.9. The number of carbonyl (C=O) groups is 3. The Hall–Kier alpha value is -3.95. The molecule has 0 aliphatic carbocycles. The summed E-state index contributed by atoms with van der Waals surface area (Å²) in [7, 11) is 6.20. The van der Waals surface area contributed by atoms with Gasteiger partial charge in [0.1, 0.15) is 6.04 Å². The normalized spacial score (nSPS) is 17.1. The third kappa shape index (κ3) is 4.82. The molecule has 2 aliphatic heterocycles. The van der Waals surface area contributed by atoms with Gasteiger partial charge in [-0.25, -0.2) is 4.79 Å². The van der Waals surface area contributed by atoms with Crippen LogP contribution in [0.3, 0.4) is 0 Å². The lowest BCUT2D eigenvalue weighted by Gasteiger charge is -2.30. The van der Waals surface area contributed by atoms with E-state index in [-0.39, 0.29) is 18.9 Å². The molecule has 10 nitrogen and oxygen atoms in total. The Bertz CT molecular complexity index is 1150. The molecule has 4 amide bonds. The summed E-state index contributed by atoms with van der Waals surface area (Å²) >= 11 is 0. The van der Waals surface area contributed by atoms with Crippen LogP contribution in [0.4, 0.5) is 4.79 Å². The molecule has 1 N–H and O–H groups in total. The maximum absolute atomic E-state index is 13.0. The molecule has 35 heavy (non-hydrogen) atoms. The monoisotopic (exact) mass is 483 g/mol. The maximum atomic E-state index is 13.0. The van der Waals surface area contributed by atoms with Crippen LogP contribution in [0.5, 0.6) is 23.0 Å². The number of carbonyl (C=O) groups excluding carboxylic acids is 3. The first-order valence-electron chi connectivity index (χ1n) is 11.2. The number of imide groups is 1. The zero-order valence-electron chi connectivity index (χ0n) is 20.3. The third-order valence-electron chi connectivity index (χ3n) is 6.35. The van der Waals surface area contributed by atoms with Crippen molar-refractivity contribution in [2.45, 2.75) is 32.0 Å². The number of amides is 4. The zero-order chi connectivity index (χ0) is 25.1. The van der Waals surface area contributed by atoms with Crippen molar-refractivity contribution < 1.29 is 33.3 Å². The van der Waals surface area contributed by atoms with Crippen molar-refractivity contribution in [3.63, 3.8) is 0 Å². The summed E-state index contributed by atoms with van der Waals surface area (Å²) in [4.78, 5) is 41.3. The summed E-state index contributed by atoms with van der Waals surface area (Å²) in [6.45, 7) is 0.985. The molecule has 0 radical (unpaired) electrons. The van der Waals surface area contributed by atoms with Crippen molar-refractivity contribution in [1.29, 1.82) is 0 Å². The SMILES string of the molecule is COc1ccc(CN2C(=O)NC(CC(=O)N3CCc4cc(OC)c(OC)cc4C3)C2=O)cc1OC. The Labute approximate surface area is 203 Å². The number of ether oxygens (including phenoxy) is 4. The maximum Gasteiger partial charge on any atom is 0.325 e. The van der Waals surface area contributed by atoms with E-state index < -0.39 is 18.0 Å². The summed E-state index contributed by atoms with van der Waals surface area (Å²) in [6, 6.07) is 7.57. The first-order valence-corrected chi connectivity index (χ1v) is 11.2. The lowest BCUT2D eigenvalue weighted by molar-refractivity contribution is -0.136. The van der Waals surface area contributed by atoms with Gasteiger partial charge >= 0.3 is 6.03 Å². The van der Waals surface area contributed by atoms with Gasteiger partial charge in [-0.3, -0.25) is 14.5 Å². The van der Waals surface area contributed by atoms with Crippen LogP contribution in [0.1, 0.15) is 23.1 Å². The second-order valence-electron chi connectivity index (χ2n) is 8.36. The molecular formula is C25H29N3O7. The predicted molar refractivity (Wildman–Crippen MR) is 126 cm³/mol. The quantitative estimate of drug-likeness (QED) is 0.573. The van der Waals surface area contributed by atoms with Gasteiger partial charge in [0, 0.05) is 13.1 Å². The van der Waals surface area contributed by atoms with E-state index in [0.29, 0.717) is 48.1 Å². The predicted octanol–water partition coefficient (Wildman–Crippen LogP) is 2.12. The Morgan fingerprint density at radius 1 is 0.914 bits per heavy atom. The summed E-state index contributed by atoms with van der Waals surface area (Å²) in [6.07, 6.45) is 0.563. The molecule has 2 aromatic carbocycles. The standard InChI is InChI=1S/C25H29N3O7/c1-32-19-6-5-15(9-20(19)33-2)13-28-24(30)18(26-25(28)31)12-23(29)27-8-7-16-10-21(34-3)22(35-4)11-17(16)14-27/h5-6,9-11,18H,7-8,12-14H2,1-4H3,(H,26,31). The van der Waals surface area contributed by atoms with E-state index in [9.17, 15) is 14.4 Å². The highest BCUT2D eigenvalue weighted by Gasteiger charge is 2.40. The second-order valence-corrected chi connectivity index (χ2v) is 8.36. The van der Waals surface area contributed by atoms with E-state index in [4.69, 9.17) is 18.9 Å². The van der Waals surface area contributed by atoms with Gasteiger partial charge in [0.05, 0.1) is 41.4 Å². The van der Waals surface area contributed by atoms with Crippen LogP contribution in [0, 0.1) is 0 Å². The summed E-state index contributed by atoms with van der Waals surface area (Å²) in [5.41, 5.74) is 2.77. The van der Waals surface area contributed by atoms with Crippen LogP contribution in [0.15, 0.2) is 30.3 Å². The lowest BCUT2D eigenvalue weighted by atomic mass is 9.98. The van der Waals surface area contributed by atoms with E-state index in [1.165, 1.54) is 14.2 Å². The minimum absolute atomic E-state index is 0.0639. The van der Waals surface area contributed by atoms with Crippen LogP contribution in [0.2, 0.25) is 0 Å². The molecule has 1 atom stereocenters. The van der Waals surface area contributed by atoms with Crippen molar-refractivity contribution in [1.82, 2.24) is 15.1 Å². The van der Waals surface area contributed by atoms with Crippen molar-refractivity contribution in [2.75, 3.05) is 35.0 Å². The number of nitrogens with zero attached hydrogens (tertiary/aromatic N) is 2. The fourth-order valence-electron chi connectivity index (χ4n) is 4.43. The molecule has 0 aromatic heterocycles. The number of fused-ring (bicyclic) bond motifs is 1. The number of hydrogen-bond acceptors (Lipinski definition) is 7. The van der Waals surface area contributed by atoms with Crippen molar-refractivity contribution in [3.05, 3.63) is 47.0 Å². The molecule has 186 valence electrons. The number of benzene rings is 2. The number of nitrogens with one attached hydrogen (secondary N) is 1. The summed E-state index contributed by atoms with van der Waals surface area (Å²) in [5, 5.41) is 2.65. The van der Waals surface area contributed by atoms with Gasteiger partial charge in [0.25, 0.3) is 5.91 Å². The van der Waals surface area contributed by atoms with Crippen LogP contribution in [0.25, 0.3) is 0 Å². The van der Waals surface area contributed by atoms with Crippen LogP contribution in [-0.4, -0.2) is 68.7 Å². The van der Waals surface area contributed by atoms with Gasteiger partial charge in [-0.1, -0.05) is 6.07 Å². The Kier molecular flexibility index (Phi) is 6.99. The zero-order valence-corrected chi connectivity index (χ0v) is 20.3. The summed E-state index contributed by atoms with van der Waals surface area (Å²) < 4.78 is 21.3. The average Bonchev–Trinajstić information content (AvgIpc) is 3.14. The number of urea groups is 1. The van der Waals surface area contributed by atoms with Crippen molar-refractivity contribution in [3.8, 4) is 23.0 Å². The highest BCUT2D eigenvalue weighted by Crippen LogP contribution is 2.33. The Morgan fingerprint density at radius 2 is 1.54 bits per heavy atom. The van der Waals surface area contributed by atoms with Gasteiger partial charge in [0.15, 0.2) is 23.0 Å². The molecule has 1 fully saturated rings. The van der Waals surface area contributed by atoms with Gasteiger partial charge < -0.3 is 29.2 Å². The molecule has 4 rings (SSSR count). The smallest absolute Gasteiger partial charge is 0.325 e. The average molecular weight is 484 g/mol. The van der Waals surface area contributed by atoms with Crippen LogP contribution < -0.4 is 24.3 Å². The van der Waals surface area contributed by atoms with E-state index >= 15 is 0 Å². The minimum atomic E-state index is -0.901.